The van der Waals surface area contributed by atoms with Crippen LogP contribution in [-0.2, 0) is 30.3 Å². The minimum atomic E-state index is -1.03. The molecule has 0 spiro atoms. The first-order valence-electron chi connectivity index (χ1n) is 11.7. The van der Waals surface area contributed by atoms with Gasteiger partial charge in [-0.25, -0.2) is 4.79 Å². The molecule has 0 radical (unpaired) electrons. The Balaban J connectivity index is 2.00. The van der Waals surface area contributed by atoms with Crippen LogP contribution in [0, 0.1) is 11.8 Å². The summed E-state index contributed by atoms with van der Waals surface area (Å²) in [7, 11) is 0. The van der Waals surface area contributed by atoms with Gasteiger partial charge in [0.25, 0.3) is 0 Å². The highest BCUT2D eigenvalue weighted by atomic mass is 16.6. The fourth-order valence-corrected chi connectivity index (χ4v) is 2.80. The first kappa shape index (κ1) is 28.5. The monoisotopic (exact) mass is 499 g/mol. The second-order valence-corrected chi connectivity index (χ2v) is 8.96. The van der Waals surface area contributed by atoms with Gasteiger partial charge < -0.3 is 24.7 Å². The standard InChI is InChI=1S/C27H33NO8/c1-16(2)24(29)35-22-12-11-19(14-23(22)36-25(30)17(3)4)13-21(28)27(32)33-15-18(5)34-26(31)20-9-7-6-8-10-20/h6-12,14,16-18,21H,13,15,28H2,1-5H3/t18?,21-/m0/s1. The Morgan fingerprint density at radius 1 is 0.778 bits per heavy atom. The molecule has 0 aliphatic heterocycles. The number of ether oxygens (including phenoxy) is 4. The topological polar surface area (TPSA) is 131 Å². The number of rotatable bonds is 11. The molecule has 2 atom stereocenters. The van der Waals surface area contributed by atoms with Crippen LogP contribution in [0.15, 0.2) is 48.5 Å². The molecular formula is C27H33NO8. The van der Waals surface area contributed by atoms with Crippen LogP contribution in [0.3, 0.4) is 0 Å². The van der Waals surface area contributed by atoms with E-state index in [4.69, 9.17) is 24.7 Å². The second kappa shape index (κ2) is 13.4. The summed E-state index contributed by atoms with van der Waals surface area (Å²) in [6.45, 7) is 8.17. The van der Waals surface area contributed by atoms with Crippen LogP contribution in [0.4, 0.5) is 0 Å². The Hall–Kier alpha value is -3.72. The molecule has 0 bridgehead atoms. The number of hydrogen-bond acceptors (Lipinski definition) is 9. The number of hydrogen-bond donors (Lipinski definition) is 1. The van der Waals surface area contributed by atoms with Crippen LogP contribution in [0.1, 0.15) is 50.5 Å². The molecule has 36 heavy (non-hydrogen) atoms. The lowest BCUT2D eigenvalue weighted by Gasteiger charge is -2.17. The minimum Gasteiger partial charge on any atom is -0.461 e. The molecule has 194 valence electrons. The van der Waals surface area contributed by atoms with E-state index < -0.39 is 41.9 Å². The van der Waals surface area contributed by atoms with E-state index in [1.807, 2.05) is 0 Å². The van der Waals surface area contributed by atoms with Gasteiger partial charge in [0, 0.05) is 0 Å². The Morgan fingerprint density at radius 3 is 1.94 bits per heavy atom. The van der Waals surface area contributed by atoms with Gasteiger partial charge >= 0.3 is 23.9 Å². The maximum absolute atomic E-state index is 12.4. The zero-order valence-corrected chi connectivity index (χ0v) is 21.2. The van der Waals surface area contributed by atoms with Gasteiger partial charge in [-0.15, -0.1) is 0 Å². The van der Waals surface area contributed by atoms with E-state index in [0.29, 0.717) is 11.1 Å². The smallest absolute Gasteiger partial charge is 0.338 e. The van der Waals surface area contributed by atoms with Crippen molar-refractivity contribution in [3.8, 4) is 11.5 Å². The number of carbonyl (C=O) groups excluding carboxylic acids is 4. The van der Waals surface area contributed by atoms with E-state index in [0.717, 1.165) is 0 Å². The first-order valence-corrected chi connectivity index (χ1v) is 11.7. The summed E-state index contributed by atoms with van der Waals surface area (Å²) in [5.41, 5.74) is 6.97. The summed E-state index contributed by atoms with van der Waals surface area (Å²) in [4.78, 5) is 48.7. The van der Waals surface area contributed by atoms with Crippen LogP contribution >= 0.6 is 0 Å². The molecule has 0 fully saturated rings. The summed E-state index contributed by atoms with van der Waals surface area (Å²) in [5, 5.41) is 0. The molecule has 0 heterocycles. The molecule has 0 amide bonds. The highest BCUT2D eigenvalue weighted by molar-refractivity contribution is 5.89. The average molecular weight is 500 g/mol. The number of esters is 4. The van der Waals surface area contributed by atoms with Crippen molar-refractivity contribution in [3.05, 3.63) is 59.7 Å². The summed E-state index contributed by atoms with van der Waals surface area (Å²) >= 11 is 0. The molecule has 0 aliphatic carbocycles. The zero-order valence-electron chi connectivity index (χ0n) is 21.2. The van der Waals surface area contributed by atoms with Crippen molar-refractivity contribution in [1.82, 2.24) is 0 Å². The largest absolute Gasteiger partial charge is 0.461 e. The van der Waals surface area contributed by atoms with Crippen molar-refractivity contribution in [2.24, 2.45) is 17.6 Å². The molecular weight excluding hydrogens is 466 g/mol. The van der Waals surface area contributed by atoms with Crippen LogP contribution in [0.25, 0.3) is 0 Å². The third-order valence-electron chi connectivity index (χ3n) is 4.91. The fraction of sp³-hybridized carbons (Fsp3) is 0.407. The van der Waals surface area contributed by atoms with Crippen LogP contribution in [0.5, 0.6) is 11.5 Å². The van der Waals surface area contributed by atoms with Gasteiger partial charge in [-0.2, -0.15) is 0 Å². The Kier molecular flexibility index (Phi) is 10.6. The van der Waals surface area contributed by atoms with Crippen molar-refractivity contribution >= 4 is 23.9 Å². The minimum absolute atomic E-state index is 0.0576. The fourth-order valence-electron chi connectivity index (χ4n) is 2.80. The lowest BCUT2D eigenvalue weighted by molar-refractivity contribution is -0.148. The highest BCUT2D eigenvalue weighted by Gasteiger charge is 2.22. The van der Waals surface area contributed by atoms with E-state index in [-0.39, 0.29) is 30.4 Å². The molecule has 9 heteroatoms. The Labute approximate surface area is 210 Å². The van der Waals surface area contributed by atoms with E-state index in [1.54, 1.807) is 71.0 Å². The lowest BCUT2D eigenvalue weighted by Crippen LogP contribution is -2.36. The van der Waals surface area contributed by atoms with Crippen molar-refractivity contribution < 1.29 is 38.1 Å². The van der Waals surface area contributed by atoms with E-state index in [1.165, 1.54) is 12.1 Å². The van der Waals surface area contributed by atoms with Gasteiger partial charge in [0.05, 0.1) is 17.4 Å². The molecule has 0 aromatic heterocycles. The summed E-state index contributed by atoms with van der Waals surface area (Å²) in [5.74, 6) is -2.82. The van der Waals surface area contributed by atoms with E-state index >= 15 is 0 Å². The normalized spacial score (nSPS) is 12.6. The van der Waals surface area contributed by atoms with E-state index in [9.17, 15) is 19.2 Å². The predicted molar refractivity (Wildman–Crippen MR) is 131 cm³/mol. The number of benzene rings is 2. The molecule has 2 N–H and O–H groups in total. The van der Waals surface area contributed by atoms with Gasteiger partial charge in [0.1, 0.15) is 18.8 Å². The molecule has 9 nitrogen and oxygen atoms in total. The van der Waals surface area contributed by atoms with Gasteiger partial charge in [-0.05, 0) is 43.2 Å². The highest BCUT2D eigenvalue weighted by Crippen LogP contribution is 2.30. The lowest BCUT2D eigenvalue weighted by atomic mass is 10.1. The van der Waals surface area contributed by atoms with Gasteiger partial charge in [-0.3, -0.25) is 14.4 Å². The van der Waals surface area contributed by atoms with Gasteiger partial charge in [0.15, 0.2) is 11.5 Å². The van der Waals surface area contributed by atoms with Crippen LogP contribution < -0.4 is 15.2 Å². The van der Waals surface area contributed by atoms with Crippen molar-refractivity contribution in [2.45, 2.75) is 53.2 Å². The predicted octanol–water partition coefficient (Wildman–Crippen LogP) is 3.47. The SMILES string of the molecule is CC(COC(=O)[C@@H](N)Cc1ccc(OC(=O)C(C)C)c(OC(=O)C(C)C)c1)OC(=O)c1ccccc1. The molecule has 0 aliphatic rings. The average Bonchev–Trinajstić information content (AvgIpc) is 2.84. The quantitative estimate of drug-likeness (QED) is 0.365. The number of carbonyl (C=O) groups is 4. The molecule has 0 saturated heterocycles. The van der Waals surface area contributed by atoms with Crippen LogP contribution in [-0.4, -0.2) is 42.6 Å². The Morgan fingerprint density at radius 2 is 1.36 bits per heavy atom. The Bertz CT molecular complexity index is 1060. The summed E-state index contributed by atoms with van der Waals surface area (Å²) in [6.07, 6.45) is -0.604. The van der Waals surface area contributed by atoms with Crippen molar-refractivity contribution in [3.63, 3.8) is 0 Å². The van der Waals surface area contributed by atoms with Crippen molar-refractivity contribution in [2.75, 3.05) is 6.61 Å². The molecule has 1 unspecified atom stereocenters. The summed E-state index contributed by atoms with van der Waals surface area (Å²) in [6, 6.07) is 12.0. The third kappa shape index (κ3) is 8.81. The van der Waals surface area contributed by atoms with Gasteiger partial charge in [0.2, 0.25) is 0 Å². The second-order valence-electron chi connectivity index (χ2n) is 8.96. The molecule has 2 aromatic rings. The van der Waals surface area contributed by atoms with Crippen molar-refractivity contribution in [1.29, 1.82) is 0 Å². The number of nitrogens with two attached hydrogens (primary N) is 1. The zero-order chi connectivity index (χ0) is 26.8. The van der Waals surface area contributed by atoms with E-state index in [2.05, 4.69) is 0 Å². The first-order chi connectivity index (χ1) is 17.0. The molecule has 2 aromatic carbocycles. The third-order valence-corrected chi connectivity index (χ3v) is 4.91. The molecule has 0 saturated carbocycles. The summed E-state index contributed by atoms with van der Waals surface area (Å²) < 4.78 is 21.2. The van der Waals surface area contributed by atoms with Crippen LogP contribution in [0.2, 0.25) is 0 Å². The maximum atomic E-state index is 12.4. The van der Waals surface area contributed by atoms with Gasteiger partial charge in [-0.1, -0.05) is 52.0 Å². The molecule has 2 rings (SSSR count). The maximum Gasteiger partial charge on any atom is 0.338 e.